The fraction of sp³-hybridized carbons (Fsp3) is 0.200. The Morgan fingerprint density at radius 3 is 2.64 bits per heavy atom. The lowest BCUT2D eigenvalue weighted by atomic mass is 10.2. The number of halogens is 5. The Kier molecular flexibility index (Phi) is 4.79. The number of rotatable bonds is 4. The molecule has 0 bridgehead atoms. The van der Waals surface area contributed by atoms with Crippen molar-refractivity contribution in [3.8, 4) is 5.75 Å². The molecule has 0 spiro atoms. The molecule has 0 saturated heterocycles. The van der Waals surface area contributed by atoms with Crippen molar-refractivity contribution >= 4 is 29.0 Å². The van der Waals surface area contributed by atoms with Gasteiger partial charge in [0.2, 0.25) is 0 Å². The highest BCUT2D eigenvalue weighted by molar-refractivity contribution is 7.98. The summed E-state index contributed by atoms with van der Waals surface area (Å²) >= 11 is 6.97. The van der Waals surface area contributed by atoms with Gasteiger partial charge in [0.15, 0.2) is 22.4 Å². The zero-order valence-corrected chi connectivity index (χ0v) is 14.2. The summed E-state index contributed by atoms with van der Waals surface area (Å²) in [6.07, 6.45) is -3.65. The zero-order valence-electron chi connectivity index (χ0n) is 12.6. The molecule has 25 heavy (non-hydrogen) atoms. The summed E-state index contributed by atoms with van der Waals surface area (Å²) in [5.41, 5.74) is -0.154. The predicted molar refractivity (Wildman–Crippen MR) is 85.5 cm³/mol. The average molecular weight is 392 g/mol. The molecule has 1 aromatic carbocycles. The number of nitrogens with zero attached hydrogens (tertiary/aromatic N) is 3. The first-order valence-corrected chi connectivity index (χ1v) is 8.22. The largest absolute Gasteiger partial charge is 0.494 e. The van der Waals surface area contributed by atoms with Crippen molar-refractivity contribution in [2.24, 2.45) is 0 Å². The fourth-order valence-electron chi connectivity index (χ4n) is 2.13. The molecular weight excluding hydrogens is 382 g/mol. The molecule has 2 aromatic heterocycles. The molecule has 0 fully saturated rings. The first-order valence-electron chi connectivity index (χ1n) is 6.86. The second kappa shape index (κ2) is 6.72. The number of thioether (sulfide) groups is 1. The highest BCUT2D eigenvalue weighted by Gasteiger charge is 2.32. The van der Waals surface area contributed by atoms with E-state index in [1.165, 1.54) is 23.6 Å². The highest BCUT2D eigenvalue weighted by atomic mass is 35.5. The molecule has 3 aromatic rings. The van der Waals surface area contributed by atoms with Crippen molar-refractivity contribution in [1.82, 2.24) is 14.6 Å². The Hall–Kier alpha value is -2.00. The van der Waals surface area contributed by atoms with Crippen LogP contribution in [0, 0.1) is 5.82 Å². The number of fused-ring (bicyclic) bond motifs is 1. The number of hydrogen-bond acceptors (Lipinski definition) is 4. The van der Waals surface area contributed by atoms with Crippen molar-refractivity contribution in [3.63, 3.8) is 0 Å². The minimum absolute atomic E-state index is 0.114. The van der Waals surface area contributed by atoms with Crippen LogP contribution in [0.15, 0.2) is 35.6 Å². The fourth-order valence-corrected chi connectivity index (χ4v) is 3.23. The van der Waals surface area contributed by atoms with Crippen LogP contribution in [0.5, 0.6) is 5.75 Å². The van der Waals surface area contributed by atoms with Gasteiger partial charge >= 0.3 is 6.18 Å². The van der Waals surface area contributed by atoms with E-state index in [0.29, 0.717) is 5.56 Å². The molecule has 10 heteroatoms. The third-order valence-electron chi connectivity index (χ3n) is 3.34. The maximum Gasteiger partial charge on any atom is 0.417 e. The van der Waals surface area contributed by atoms with E-state index in [2.05, 4.69) is 10.2 Å². The third kappa shape index (κ3) is 3.67. The summed E-state index contributed by atoms with van der Waals surface area (Å²) in [5, 5.41) is 7.73. The van der Waals surface area contributed by atoms with Gasteiger partial charge in [-0.15, -0.1) is 10.2 Å². The zero-order chi connectivity index (χ0) is 18.2. The van der Waals surface area contributed by atoms with Crippen LogP contribution in [0.3, 0.4) is 0 Å². The van der Waals surface area contributed by atoms with Gasteiger partial charge in [-0.25, -0.2) is 4.39 Å². The monoisotopic (exact) mass is 391 g/mol. The number of ether oxygens (including phenoxy) is 1. The molecule has 0 N–H and O–H groups in total. The summed E-state index contributed by atoms with van der Waals surface area (Å²) in [6, 6.07) is 5.24. The van der Waals surface area contributed by atoms with E-state index in [9.17, 15) is 17.6 Å². The standard InChI is InChI=1S/C15H10ClF4N3OS/c1-24-12-3-2-8(4-11(12)17)7-25-14-22-21-13-10(16)5-9(6-23(13)14)15(18,19)20/h2-6H,7H2,1H3. The number of pyridine rings is 1. The molecule has 0 atom stereocenters. The summed E-state index contributed by atoms with van der Waals surface area (Å²) in [5.74, 6) is -0.118. The average Bonchev–Trinajstić information content (AvgIpc) is 2.96. The molecule has 132 valence electrons. The van der Waals surface area contributed by atoms with Crippen LogP contribution in [0.1, 0.15) is 11.1 Å². The van der Waals surface area contributed by atoms with Crippen LogP contribution < -0.4 is 4.74 Å². The number of alkyl halides is 3. The lowest BCUT2D eigenvalue weighted by molar-refractivity contribution is -0.137. The number of hydrogen-bond donors (Lipinski definition) is 0. The molecule has 0 radical (unpaired) electrons. The lowest BCUT2D eigenvalue weighted by Crippen LogP contribution is -2.07. The van der Waals surface area contributed by atoms with Crippen molar-refractivity contribution in [1.29, 1.82) is 0 Å². The summed E-state index contributed by atoms with van der Waals surface area (Å²) in [4.78, 5) is 0. The van der Waals surface area contributed by atoms with Crippen molar-refractivity contribution in [2.45, 2.75) is 17.1 Å². The first kappa shape index (κ1) is 17.8. The Balaban J connectivity index is 1.89. The quantitative estimate of drug-likeness (QED) is 0.471. The van der Waals surface area contributed by atoms with E-state index < -0.39 is 17.6 Å². The van der Waals surface area contributed by atoms with E-state index in [0.717, 1.165) is 24.0 Å². The van der Waals surface area contributed by atoms with E-state index in [4.69, 9.17) is 16.3 Å². The smallest absolute Gasteiger partial charge is 0.417 e. The van der Waals surface area contributed by atoms with Gasteiger partial charge in [-0.1, -0.05) is 29.4 Å². The normalized spacial score (nSPS) is 11.9. The Bertz CT molecular complexity index is 929. The molecule has 4 nitrogen and oxygen atoms in total. The van der Waals surface area contributed by atoms with Gasteiger partial charge in [0.05, 0.1) is 17.7 Å². The van der Waals surface area contributed by atoms with Gasteiger partial charge < -0.3 is 4.74 Å². The minimum atomic E-state index is -4.54. The van der Waals surface area contributed by atoms with Crippen LogP contribution in [-0.2, 0) is 11.9 Å². The summed E-state index contributed by atoms with van der Waals surface area (Å²) < 4.78 is 58.5. The number of methoxy groups -OCH3 is 1. The van der Waals surface area contributed by atoms with Crippen LogP contribution in [-0.4, -0.2) is 21.7 Å². The third-order valence-corrected chi connectivity index (χ3v) is 4.63. The highest BCUT2D eigenvalue weighted by Crippen LogP contribution is 2.33. The first-order chi connectivity index (χ1) is 11.8. The van der Waals surface area contributed by atoms with E-state index in [1.807, 2.05) is 0 Å². The van der Waals surface area contributed by atoms with Crippen LogP contribution >= 0.6 is 23.4 Å². The van der Waals surface area contributed by atoms with Gasteiger partial charge in [0.1, 0.15) is 0 Å². The van der Waals surface area contributed by atoms with Crippen LogP contribution in [0.25, 0.3) is 5.65 Å². The minimum Gasteiger partial charge on any atom is -0.494 e. The van der Waals surface area contributed by atoms with Crippen molar-refractivity contribution in [3.05, 3.63) is 52.4 Å². The van der Waals surface area contributed by atoms with Crippen molar-refractivity contribution < 1.29 is 22.3 Å². The van der Waals surface area contributed by atoms with Gasteiger partial charge in [-0.2, -0.15) is 13.2 Å². The molecule has 0 amide bonds. The molecule has 3 rings (SSSR count). The predicted octanol–water partition coefficient (Wildman–Crippen LogP) is 4.84. The van der Waals surface area contributed by atoms with Crippen LogP contribution in [0.2, 0.25) is 5.02 Å². The van der Waals surface area contributed by atoms with Gasteiger partial charge in [-0.05, 0) is 23.8 Å². The van der Waals surface area contributed by atoms with Gasteiger partial charge in [-0.3, -0.25) is 4.40 Å². The Morgan fingerprint density at radius 2 is 2.00 bits per heavy atom. The Labute approximate surface area is 148 Å². The van der Waals surface area contributed by atoms with E-state index >= 15 is 0 Å². The maximum atomic E-state index is 13.7. The molecule has 0 unspecified atom stereocenters. The van der Waals surface area contributed by atoms with Gasteiger partial charge in [0, 0.05) is 11.9 Å². The number of aromatic nitrogens is 3. The SMILES string of the molecule is COc1ccc(CSc2nnc3c(Cl)cc(C(F)(F)F)cn23)cc1F. The van der Waals surface area contributed by atoms with E-state index in [1.54, 1.807) is 6.07 Å². The lowest BCUT2D eigenvalue weighted by Gasteiger charge is -2.09. The molecule has 0 aliphatic heterocycles. The van der Waals surface area contributed by atoms with E-state index in [-0.39, 0.29) is 27.3 Å². The van der Waals surface area contributed by atoms with Crippen molar-refractivity contribution in [2.75, 3.05) is 7.11 Å². The molecule has 0 saturated carbocycles. The Morgan fingerprint density at radius 1 is 1.24 bits per heavy atom. The molecular formula is C15H10ClF4N3OS. The second-order valence-electron chi connectivity index (χ2n) is 5.01. The molecule has 2 heterocycles. The summed E-state index contributed by atoms with van der Waals surface area (Å²) in [7, 11) is 1.36. The molecule has 0 aliphatic rings. The summed E-state index contributed by atoms with van der Waals surface area (Å²) in [6.45, 7) is 0. The van der Waals surface area contributed by atoms with Gasteiger partial charge in [0.25, 0.3) is 0 Å². The maximum absolute atomic E-state index is 13.7. The van der Waals surface area contributed by atoms with Crippen LogP contribution in [0.4, 0.5) is 17.6 Å². The second-order valence-corrected chi connectivity index (χ2v) is 6.36. The topological polar surface area (TPSA) is 39.4 Å². The number of benzene rings is 1. The molecule has 0 aliphatic carbocycles.